The van der Waals surface area contributed by atoms with Crippen LogP contribution in [0.5, 0.6) is 0 Å². The summed E-state index contributed by atoms with van der Waals surface area (Å²) in [6, 6.07) is 6.92. The Hall–Kier alpha value is -1.84. The van der Waals surface area contributed by atoms with Crippen LogP contribution >= 0.6 is 0 Å². The van der Waals surface area contributed by atoms with Crippen molar-refractivity contribution in [1.82, 2.24) is 5.32 Å². The summed E-state index contributed by atoms with van der Waals surface area (Å²) in [7, 11) is 1.49. The monoisotopic (exact) mass is 220 g/mol. The Morgan fingerprint density at radius 3 is 2.25 bits per heavy atom. The largest absolute Gasteiger partial charge is 0.340 e. The number of urea groups is 1. The van der Waals surface area contributed by atoms with Gasteiger partial charge >= 0.3 is 6.03 Å². The number of benzene rings is 1. The van der Waals surface area contributed by atoms with Crippen molar-refractivity contribution < 1.29 is 9.59 Å². The highest BCUT2D eigenvalue weighted by atomic mass is 16.2. The first-order chi connectivity index (χ1) is 7.60. The second-order valence-electron chi connectivity index (χ2n) is 3.78. The predicted molar refractivity (Wildman–Crippen MR) is 63.5 cm³/mol. The Morgan fingerprint density at radius 2 is 1.88 bits per heavy atom. The van der Waals surface area contributed by atoms with Crippen LogP contribution in [0.25, 0.3) is 0 Å². The molecule has 0 saturated carbocycles. The number of hydrogen-bond donors (Lipinski definition) is 1. The van der Waals surface area contributed by atoms with Gasteiger partial charge in [0.1, 0.15) is 0 Å². The van der Waals surface area contributed by atoms with E-state index < -0.39 is 6.03 Å². The molecule has 3 amide bonds. The topological polar surface area (TPSA) is 49.4 Å². The molecule has 4 nitrogen and oxygen atoms in total. The number of rotatable bonds is 3. The number of carbonyl (C=O) groups excluding carboxylic acids is 2. The van der Waals surface area contributed by atoms with E-state index in [0.717, 1.165) is 4.90 Å². The molecule has 0 unspecified atom stereocenters. The number of hydrogen-bond acceptors (Lipinski definition) is 2. The summed E-state index contributed by atoms with van der Waals surface area (Å²) < 4.78 is 0. The standard InChI is InChI=1S/C12H16N2O2/c1-9(2)10-4-6-11(7-5-10)14(8-15)12(16)13-3/h4-9H,1-3H3,(H,13,16). The normalized spacial score (nSPS) is 10.0. The average Bonchev–Trinajstić information content (AvgIpc) is 2.30. The molecule has 0 heterocycles. The molecule has 1 rings (SSSR count). The van der Waals surface area contributed by atoms with Crippen LogP contribution in [0.2, 0.25) is 0 Å². The third-order valence-corrected chi connectivity index (χ3v) is 2.38. The van der Waals surface area contributed by atoms with E-state index in [-0.39, 0.29) is 0 Å². The van der Waals surface area contributed by atoms with E-state index in [2.05, 4.69) is 19.2 Å². The second kappa shape index (κ2) is 5.30. The maximum absolute atomic E-state index is 11.3. The molecule has 86 valence electrons. The quantitative estimate of drug-likeness (QED) is 0.793. The Balaban J connectivity index is 2.95. The molecule has 1 aromatic rings. The van der Waals surface area contributed by atoms with Gasteiger partial charge in [-0.15, -0.1) is 0 Å². The smallest absolute Gasteiger partial charge is 0.328 e. The molecule has 0 bridgehead atoms. The lowest BCUT2D eigenvalue weighted by Crippen LogP contribution is -2.36. The summed E-state index contributed by atoms with van der Waals surface area (Å²) in [5.41, 5.74) is 1.74. The fourth-order valence-electron chi connectivity index (χ4n) is 1.37. The molecule has 0 spiro atoms. The number of nitrogens with zero attached hydrogens (tertiary/aromatic N) is 1. The van der Waals surface area contributed by atoms with E-state index in [1.807, 2.05) is 12.1 Å². The van der Waals surface area contributed by atoms with Crippen molar-refractivity contribution in [2.45, 2.75) is 19.8 Å². The predicted octanol–water partition coefficient (Wildman–Crippen LogP) is 2.11. The number of nitrogens with one attached hydrogen (secondary N) is 1. The van der Waals surface area contributed by atoms with Crippen LogP contribution in [0.4, 0.5) is 10.5 Å². The van der Waals surface area contributed by atoms with E-state index in [1.54, 1.807) is 12.1 Å². The molecule has 0 aliphatic heterocycles. The lowest BCUT2D eigenvalue weighted by molar-refractivity contribution is -0.106. The van der Waals surface area contributed by atoms with Crippen molar-refractivity contribution in [3.63, 3.8) is 0 Å². The number of carbonyl (C=O) groups is 2. The van der Waals surface area contributed by atoms with Gasteiger partial charge in [-0.2, -0.15) is 0 Å². The fourth-order valence-corrected chi connectivity index (χ4v) is 1.37. The first kappa shape index (κ1) is 12.2. The number of imide groups is 1. The maximum Gasteiger partial charge on any atom is 0.328 e. The number of anilines is 1. The molecule has 0 atom stereocenters. The highest BCUT2D eigenvalue weighted by Gasteiger charge is 2.12. The third-order valence-electron chi connectivity index (χ3n) is 2.38. The molecule has 1 aromatic carbocycles. The Labute approximate surface area is 95.3 Å². The van der Waals surface area contributed by atoms with Crippen molar-refractivity contribution in [2.24, 2.45) is 0 Å². The third kappa shape index (κ3) is 2.59. The van der Waals surface area contributed by atoms with Gasteiger partial charge in [-0.1, -0.05) is 26.0 Å². The molecular formula is C12H16N2O2. The van der Waals surface area contributed by atoms with Crippen molar-refractivity contribution in [3.8, 4) is 0 Å². The van der Waals surface area contributed by atoms with Gasteiger partial charge in [-0.05, 0) is 23.6 Å². The van der Waals surface area contributed by atoms with Gasteiger partial charge in [0, 0.05) is 7.05 Å². The van der Waals surface area contributed by atoms with Gasteiger partial charge < -0.3 is 5.32 Å². The lowest BCUT2D eigenvalue weighted by Gasteiger charge is -2.15. The zero-order chi connectivity index (χ0) is 12.1. The molecule has 0 aliphatic carbocycles. The lowest BCUT2D eigenvalue weighted by atomic mass is 10.0. The highest BCUT2D eigenvalue weighted by Crippen LogP contribution is 2.19. The van der Waals surface area contributed by atoms with E-state index in [9.17, 15) is 9.59 Å². The summed E-state index contributed by atoms with van der Waals surface area (Å²) >= 11 is 0. The summed E-state index contributed by atoms with van der Waals surface area (Å²) in [6.45, 7) is 4.18. The maximum atomic E-state index is 11.3. The van der Waals surface area contributed by atoms with Gasteiger partial charge in [0.15, 0.2) is 0 Å². The summed E-state index contributed by atoms with van der Waals surface area (Å²) in [4.78, 5) is 23.2. The van der Waals surface area contributed by atoms with E-state index >= 15 is 0 Å². The van der Waals surface area contributed by atoms with Crippen molar-refractivity contribution in [2.75, 3.05) is 11.9 Å². The molecule has 0 fully saturated rings. The van der Waals surface area contributed by atoms with Gasteiger partial charge in [-0.25, -0.2) is 9.69 Å². The van der Waals surface area contributed by atoms with E-state index in [4.69, 9.17) is 0 Å². The zero-order valence-electron chi connectivity index (χ0n) is 9.73. The van der Waals surface area contributed by atoms with Crippen LogP contribution in [0, 0.1) is 0 Å². The average molecular weight is 220 g/mol. The van der Waals surface area contributed by atoms with Crippen LogP contribution in [-0.4, -0.2) is 19.5 Å². The Morgan fingerprint density at radius 1 is 1.31 bits per heavy atom. The zero-order valence-corrected chi connectivity index (χ0v) is 9.73. The van der Waals surface area contributed by atoms with Gasteiger partial charge in [0.2, 0.25) is 6.41 Å². The van der Waals surface area contributed by atoms with E-state index in [1.165, 1.54) is 12.6 Å². The minimum absolute atomic E-state index is 0.429. The Bertz CT molecular complexity index is 371. The van der Waals surface area contributed by atoms with Gasteiger partial charge in [-0.3, -0.25) is 4.79 Å². The summed E-state index contributed by atoms with van der Waals surface area (Å²) in [6.07, 6.45) is 0.503. The van der Waals surface area contributed by atoms with Crippen molar-refractivity contribution in [3.05, 3.63) is 29.8 Å². The summed E-state index contributed by atoms with van der Waals surface area (Å²) in [5.74, 6) is 0.429. The van der Waals surface area contributed by atoms with Crippen LogP contribution in [0.3, 0.4) is 0 Å². The van der Waals surface area contributed by atoms with Crippen LogP contribution in [-0.2, 0) is 4.79 Å². The van der Waals surface area contributed by atoms with Gasteiger partial charge in [0.25, 0.3) is 0 Å². The highest BCUT2D eigenvalue weighted by molar-refractivity contribution is 6.05. The first-order valence-electron chi connectivity index (χ1n) is 5.16. The van der Waals surface area contributed by atoms with Crippen molar-refractivity contribution in [1.29, 1.82) is 0 Å². The minimum atomic E-state index is -0.438. The number of amides is 3. The summed E-state index contributed by atoms with van der Waals surface area (Å²) in [5, 5.41) is 2.41. The van der Waals surface area contributed by atoms with Crippen LogP contribution < -0.4 is 10.2 Å². The SMILES string of the molecule is CNC(=O)N(C=O)c1ccc(C(C)C)cc1. The second-order valence-corrected chi connectivity index (χ2v) is 3.78. The molecular weight excluding hydrogens is 204 g/mol. The van der Waals surface area contributed by atoms with Crippen molar-refractivity contribution >= 4 is 18.1 Å². The molecule has 4 heteroatoms. The molecule has 0 radical (unpaired) electrons. The van der Waals surface area contributed by atoms with Crippen LogP contribution in [0.15, 0.2) is 24.3 Å². The molecule has 0 aromatic heterocycles. The Kier molecular flexibility index (Phi) is 4.05. The van der Waals surface area contributed by atoms with Gasteiger partial charge in [0.05, 0.1) is 5.69 Å². The molecule has 0 aliphatic rings. The first-order valence-corrected chi connectivity index (χ1v) is 5.16. The molecule has 1 N–H and O–H groups in total. The van der Waals surface area contributed by atoms with E-state index in [0.29, 0.717) is 18.0 Å². The fraction of sp³-hybridized carbons (Fsp3) is 0.333. The molecule has 0 saturated heterocycles. The minimum Gasteiger partial charge on any atom is -0.340 e. The van der Waals surface area contributed by atoms with Crippen LogP contribution in [0.1, 0.15) is 25.3 Å². The molecule has 16 heavy (non-hydrogen) atoms.